The molecule has 1 aromatic carbocycles. The van der Waals surface area contributed by atoms with Crippen LogP contribution >= 0.6 is 12.2 Å². The van der Waals surface area contributed by atoms with E-state index >= 15 is 0 Å². The van der Waals surface area contributed by atoms with Crippen molar-refractivity contribution >= 4 is 12.2 Å². The molecule has 0 fully saturated rings. The van der Waals surface area contributed by atoms with Gasteiger partial charge in [0.2, 0.25) is 4.77 Å². The van der Waals surface area contributed by atoms with E-state index in [2.05, 4.69) is 15.2 Å². The molecule has 0 atom stereocenters. The number of aromatic nitrogens is 3. The zero-order valence-electron chi connectivity index (χ0n) is 10.00. The zero-order valence-corrected chi connectivity index (χ0v) is 10.8. The summed E-state index contributed by atoms with van der Waals surface area (Å²) < 4.78 is 18.8. The molecule has 1 heterocycles. The summed E-state index contributed by atoms with van der Waals surface area (Å²) in [6.07, 6.45) is 2.44. The SMILES string of the molecule is COc1ccc(CCCc2nc(=S)[nH][nH]2)cc1F. The number of benzene rings is 1. The van der Waals surface area contributed by atoms with Crippen molar-refractivity contribution in [3.05, 3.63) is 40.2 Å². The number of halogens is 1. The monoisotopic (exact) mass is 267 g/mol. The number of H-pyrrole nitrogens is 2. The van der Waals surface area contributed by atoms with Crippen molar-refractivity contribution in [1.82, 2.24) is 15.2 Å². The third-order valence-corrected chi connectivity index (χ3v) is 2.84. The molecular formula is C12H14FN3OS. The average molecular weight is 267 g/mol. The normalized spacial score (nSPS) is 10.6. The molecule has 2 N–H and O–H groups in total. The van der Waals surface area contributed by atoms with Gasteiger partial charge < -0.3 is 4.74 Å². The quantitative estimate of drug-likeness (QED) is 0.819. The molecule has 1 aromatic heterocycles. The lowest BCUT2D eigenvalue weighted by atomic mass is 10.1. The Morgan fingerprint density at radius 1 is 1.33 bits per heavy atom. The van der Waals surface area contributed by atoms with Gasteiger partial charge in [0, 0.05) is 6.42 Å². The van der Waals surface area contributed by atoms with Crippen molar-refractivity contribution in [3.8, 4) is 5.75 Å². The average Bonchev–Trinajstić information content (AvgIpc) is 2.75. The van der Waals surface area contributed by atoms with Crippen LogP contribution in [0.15, 0.2) is 18.2 Å². The van der Waals surface area contributed by atoms with E-state index in [4.69, 9.17) is 17.0 Å². The van der Waals surface area contributed by atoms with Gasteiger partial charge in [-0.2, -0.15) is 0 Å². The van der Waals surface area contributed by atoms with Crippen LogP contribution in [0.1, 0.15) is 17.8 Å². The van der Waals surface area contributed by atoms with Crippen LogP contribution in [0, 0.1) is 10.6 Å². The van der Waals surface area contributed by atoms with Crippen molar-refractivity contribution in [1.29, 1.82) is 0 Å². The first-order valence-electron chi connectivity index (χ1n) is 5.65. The van der Waals surface area contributed by atoms with E-state index in [0.29, 0.717) is 4.77 Å². The molecule has 0 aliphatic carbocycles. The molecule has 0 amide bonds. The molecule has 18 heavy (non-hydrogen) atoms. The maximum Gasteiger partial charge on any atom is 0.213 e. The predicted octanol–water partition coefficient (Wildman–Crippen LogP) is 2.79. The van der Waals surface area contributed by atoms with E-state index in [1.807, 2.05) is 6.07 Å². The minimum atomic E-state index is -0.325. The van der Waals surface area contributed by atoms with E-state index < -0.39 is 0 Å². The molecule has 6 heteroatoms. The maximum absolute atomic E-state index is 13.4. The number of aryl methyl sites for hydroxylation is 2. The standard InChI is InChI=1S/C12H14FN3OS/c1-17-10-6-5-8(7-9(10)13)3-2-4-11-14-12(18)16-15-11/h5-7H,2-4H2,1H3,(H2,14,15,16,18). The predicted molar refractivity (Wildman–Crippen MR) is 68.7 cm³/mol. The summed E-state index contributed by atoms with van der Waals surface area (Å²) in [6, 6.07) is 5.02. The van der Waals surface area contributed by atoms with E-state index in [1.165, 1.54) is 13.2 Å². The maximum atomic E-state index is 13.4. The van der Waals surface area contributed by atoms with Gasteiger partial charge in [0.05, 0.1) is 7.11 Å². The first-order chi connectivity index (χ1) is 8.69. The van der Waals surface area contributed by atoms with Crippen molar-refractivity contribution < 1.29 is 9.13 Å². The van der Waals surface area contributed by atoms with Crippen LogP contribution in [0.25, 0.3) is 0 Å². The fraction of sp³-hybridized carbons (Fsp3) is 0.333. The molecule has 0 saturated carbocycles. The van der Waals surface area contributed by atoms with Crippen molar-refractivity contribution in [2.45, 2.75) is 19.3 Å². The third kappa shape index (κ3) is 3.16. The van der Waals surface area contributed by atoms with Gasteiger partial charge in [0.1, 0.15) is 5.82 Å². The van der Waals surface area contributed by atoms with Crippen LogP contribution in [0.5, 0.6) is 5.75 Å². The third-order valence-electron chi connectivity index (χ3n) is 2.65. The van der Waals surface area contributed by atoms with Crippen LogP contribution in [0.3, 0.4) is 0 Å². The number of ether oxygens (including phenoxy) is 1. The topological polar surface area (TPSA) is 53.7 Å². The lowest BCUT2D eigenvalue weighted by molar-refractivity contribution is 0.386. The Balaban J connectivity index is 1.90. The highest BCUT2D eigenvalue weighted by atomic mass is 32.1. The molecule has 0 bridgehead atoms. The molecule has 0 aliphatic heterocycles. The van der Waals surface area contributed by atoms with E-state index in [0.717, 1.165) is 30.7 Å². The van der Waals surface area contributed by atoms with Gasteiger partial charge in [-0.05, 0) is 42.8 Å². The van der Waals surface area contributed by atoms with Crippen LogP contribution in [0.2, 0.25) is 0 Å². The van der Waals surface area contributed by atoms with E-state index in [1.54, 1.807) is 6.07 Å². The Kier molecular flexibility index (Phi) is 4.09. The smallest absolute Gasteiger partial charge is 0.213 e. The van der Waals surface area contributed by atoms with Crippen LogP contribution in [0.4, 0.5) is 4.39 Å². The van der Waals surface area contributed by atoms with Gasteiger partial charge in [0.25, 0.3) is 0 Å². The molecule has 2 rings (SSSR count). The number of hydrogen-bond donors (Lipinski definition) is 2. The Labute approximate surface area is 109 Å². The summed E-state index contributed by atoms with van der Waals surface area (Å²) >= 11 is 4.86. The summed E-state index contributed by atoms with van der Waals surface area (Å²) in [7, 11) is 1.46. The Morgan fingerprint density at radius 3 is 2.78 bits per heavy atom. The first-order valence-corrected chi connectivity index (χ1v) is 6.06. The number of aromatic amines is 2. The van der Waals surface area contributed by atoms with Crippen LogP contribution < -0.4 is 4.74 Å². The number of nitrogens with zero attached hydrogens (tertiary/aromatic N) is 1. The fourth-order valence-corrected chi connectivity index (χ4v) is 1.91. The largest absolute Gasteiger partial charge is 0.494 e. The Bertz CT molecular complexity index is 579. The zero-order chi connectivity index (χ0) is 13.0. The molecule has 0 aliphatic rings. The highest BCUT2D eigenvalue weighted by Gasteiger charge is 2.04. The second-order valence-corrected chi connectivity index (χ2v) is 4.32. The molecule has 2 aromatic rings. The molecule has 96 valence electrons. The minimum Gasteiger partial charge on any atom is -0.494 e. The summed E-state index contributed by atoms with van der Waals surface area (Å²) in [5, 5.41) is 5.63. The lowest BCUT2D eigenvalue weighted by Gasteiger charge is -2.04. The molecular weight excluding hydrogens is 253 g/mol. The summed E-state index contributed by atoms with van der Waals surface area (Å²) in [5.41, 5.74) is 0.947. The number of nitrogens with one attached hydrogen (secondary N) is 2. The van der Waals surface area contributed by atoms with E-state index in [9.17, 15) is 4.39 Å². The minimum absolute atomic E-state index is 0.273. The lowest BCUT2D eigenvalue weighted by Crippen LogP contribution is -1.94. The van der Waals surface area contributed by atoms with Gasteiger partial charge in [-0.3, -0.25) is 10.2 Å². The van der Waals surface area contributed by atoms with Gasteiger partial charge in [-0.1, -0.05) is 6.07 Å². The van der Waals surface area contributed by atoms with Crippen molar-refractivity contribution in [2.24, 2.45) is 0 Å². The van der Waals surface area contributed by atoms with E-state index in [-0.39, 0.29) is 11.6 Å². The van der Waals surface area contributed by atoms with Gasteiger partial charge in [-0.25, -0.2) is 9.37 Å². The molecule has 0 spiro atoms. The molecule has 0 saturated heterocycles. The number of rotatable bonds is 5. The summed E-state index contributed by atoms with van der Waals surface area (Å²) in [6.45, 7) is 0. The highest BCUT2D eigenvalue weighted by molar-refractivity contribution is 7.71. The second kappa shape index (κ2) is 5.77. The summed E-state index contributed by atoms with van der Waals surface area (Å²) in [4.78, 5) is 4.10. The first kappa shape index (κ1) is 12.8. The van der Waals surface area contributed by atoms with Crippen LogP contribution in [-0.2, 0) is 12.8 Å². The van der Waals surface area contributed by atoms with Gasteiger partial charge >= 0.3 is 0 Å². The van der Waals surface area contributed by atoms with Crippen molar-refractivity contribution in [3.63, 3.8) is 0 Å². The highest BCUT2D eigenvalue weighted by Crippen LogP contribution is 2.18. The Hall–Kier alpha value is -1.69. The Morgan fingerprint density at radius 2 is 2.17 bits per heavy atom. The number of hydrogen-bond acceptors (Lipinski definition) is 3. The second-order valence-electron chi connectivity index (χ2n) is 3.94. The van der Waals surface area contributed by atoms with Gasteiger partial charge in [-0.15, -0.1) is 0 Å². The molecule has 0 radical (unpaired) electrons. The fourth-order valence-electron chi connectivity index (χ4n) is 1.75. The number of methoxy groups -OCH3 is 1. The van der Waals surface area contributed by atoms with Gasteiger partial charge in [0.15, 0.2) is 11.6 Å². The van der Waals surface area contributed by atoms with Crippen LogP contribution in [-0.4, -0.2) is 22.3 Å². The molecule has 0 unspecified atom stereocenters. The molecule has 4 nitrogen and oxygen atoms in total. The van der Waals surface area contributed by atoms with Crippen molar-refractivity contribution in [2.75, 3.05) is 7.11 Å². The summed E-state index contributed by atoms with van der Waals surface area (Å²) in [5.74, 6) is 0.776.